The Morgan fingerprint density at radius 1 is 0.875 bits per heavy atom. The fraction of sp³-hybridized carbons (Fsp3) is 0.136. The minimum atomic E-state index is -3.89. The topological polar surface area (TPSA) is 95.9 Å². The summed E-state index contributed by atoms with van der Waals surface area (Å²) >= 11 is 0. The van der Waals surface area contributed by atoms with Crippen molar-refractivity contribution in [2.75, 3.05) is 12.8 Å². The maximum atomic E-state index is 13.4. The molecule has 3 rings (SSSR count). The van der Waals surface area contributed by atoms with Crippen LogP contribution in [0.15, 0.2) is 93.6 Å². The van der Waals surface area contributed by atoms with Crippen LogP contribution >= 0.6 is 0 Å². The Labute approximate surface area is 187 Å². The van der Waals surface area contributed by atoms with Crippen LogP contribution in [0.5, 0.6) is 0 Å². The molecule has 7 nitrogen and oxygen atoms in total. The summed E-state index contributed by atoms with van der Waals surface area (Å²) in [6.45, 7) is 1.75. The number of amidine groups is 1. The molecule has 0 atom stereocenters. The molecular formula is C22H22FN3O4S2. The zero-order valence-electron chi connectivity index (χ0n) is 17.4. The van der Waals surface area contributed by atoms with Gasteiger partial charge in [0.25, 0.3) is 10.0 Å². The van der Waals surface area contributed by atoms with E-state index in [-0.39, 0.29) is 22.2 Å². The van der Waals surface area contributed by atoms with Crippen LogP contribution in [0, 0.1) is 5.82 Å². The van der Waals surface area contributed by atoms with Gasteiger partial charge in [-0.15, -0.1) is 4.41 Å². The van der Waals surface area contributed by atoms with Gasteiger partial charge >= 0.3 is 0 Å². The molecule has 1 N–H and O–H groups in total. The SMILES string of the molecule is CCN(NC(=Nc1ccc(S(C)(=O)=O)cc1)c1ccc(F)cc1)S(=O)(=O)c1ccccc1. The van der Waals surface area contributed by atoms with Crippen molar-refractivity contribution in [2.45, 2.75) is 16.7 Å². The van der Waals surface area contributed by atoms with E-state index in [2.05, 4.69) is 10.4 Å². The smallest absolute Gasteiger partial charge is 0.259 e. The van der Waals surface area contributed by atoms with Crippen molar-refractivity contribution in [3.8, 4) is 0 Å². The van der Waals surface area contributed by atoms with Crippen molar-refractivity contribution in [1.29, 1.82) is 0 Å². The Bertz CT molecular complexity index is 1310. The third kappa shape index (κ3) is 5.58. The van der Waals surface area contributed by atoms with Gasteiger partial charge in [-0.05, 0) is 67.6 Å². The van der Waals surface area contributed by atoms with Crippen LogP contribution in [0.4, 0.5) is 10.1 Å². The number of halogens is 1. The molecule has 0 saturated heterocycles. The van der Waals surface area contributed by atoms with E-state index in [9.17, 15) is 21.2 Å². The molecule has 0 spiro atoms. The Balaban J connectivity index is 2.03. The molecule has 0 aliphatic heterocycles. The Hall–Kier alpha value is -3.08. The van der Waals surface area contributed by atoms with Crippen molar-refractivity contribution in [1.82, 2.24) is 9.84 Å². The van der Waals surface area contributed by atoms with Crippen LogP contribution < -0.4 is 5.43 Å². The van der Waals surface area contributed by atoms with Gasteiger partial charge in [-0.2, -0.15) is 0 Å². The van der Waals surface area contributed by atoms with Crippen LogP contribution in [0.2, 0.25) is 0 Å². The number of rotatable bonds is 7. The minimum Gasteiger partial charge on any atom is -0.289 e. The van der Waals surface area contributed by atoms with Crippen molar-refractivity contribution >= 4 is 31.4 Å². The number of sulfonamides is 1. The average molecular weight is 476 g/mol. The Morgan fingerprint density at radius 2 is 1.47 bits per heavy atom. The monoisotopic (exact) mass is 475 g/mol. The van der Waals surface area contributed by atoms with Crippen molar-refractivity contribution in [3.05, 3.63) is 90.2 Å². The summed E-state index contributed by atoms with van der Waals surface area (Å²) in [5.41, 5.74) is 3.66. The molecule has 3 aromatic rings. The lowest BCUT2D eigenvalue weighted by Crippen LogP contribution is -2.46. The first-order valence-corrected chi connectivity index (χ1v) is 12.9. The van der Waals surface area contributed by atoms with E-state index in [0.717, 1.165) is 10.7 Å². The molecule has 10 heteroatoms. The van der Waals surface area contributed by atoms with E-state index in [1.54, 1.807) is 25.1 Å². The van der Waals surface area contributed by atoms with Crippen LogP contribution in [-0.2, 0) is 19.9 Å². The lowest BCUT2D eigenvalue weighted by atomic mass is 10.2. The molecule has 0 heterocycles. The second kappa shape index (κ2) is 9.60. The molecule has 0 unspecified atom stereocenters. The lowest BCUT2D eigenvalue weighted by Gasteiger charge is -2.23. The fourth-order valence-corrected chi connectivity index (χ4v) is 4.74. The molecule has 0 aliphatic rings. The zero-order valence-corrected chi connectivity index (χ0v) is 19.1. The first kappa shape index (κ1) is 23.6. The number of nitrogens with one attached hydrogen (secondary N) is 1. The molecular weight excluding hydrogens is 453 g/mol. The summed E-state index contributed by atoms with van der Waals surface area (Å²) in [5, 5.41) is 0. The highest BCUT2D eigenvalue weighted by molar-refractivity contribution is 7.90. The molecule has 0 fully saturated rings. The van der Waals surface area contributed by atoms with Gasteiger partial charge in [0.15, 0.2) is 9.84 Å². The number of benzene rings is 3. The maximum Gasteiger partial charge on any atom is 0.259 e. The molecule has 3 aromatic carbocycles. The van der Waals surface area contributed by atoms with Crippen molar-refractivity contribution < 1.29 is 21.2 Å². The molecule has 168 valence electrons. The van der Waals surface area contributed by atoms with E-state index in [1.807, 2.05) is 0 Å². The largest absolute Gasteiger partial charge is 0.289 e. The molecule has 32 heavy (non-hydrogen) atoms. The van der Waals surface area contributed by atoms with Crippen LogP contribution in [0.1, 0.15) is 12.5 Å². The van der Waals surface area contributed by atoms with E-state index in [0.29, 0.717) is 11.3 Å². The zero-order chi connectivity index (χ0) is 23.4. The van der Waals surface area contributed by atoms with Gasteiger partial charge in [-0.3, -0.25) is 5.43 Å². The third-order valence-corrected chi connectivity index (χ3v) is 7.40. The Kier molecular flexibility index (Phi) is 7.07. The minimum absolute atomic E-state index is 0.0878. The summed E-state index contributed by atoms with van der Waals surface area (Å²) in [4.78, 5) is 4.69. The number of nitrogens with zero attached hydrogens (tertiary/aromatic N) is 2. The molecule has 0 radical (unpaired) electrons. The van der Waals surface area contributed by atoms with E-state index < -0.39 is 25.7 Å². The van der Waals surface area contributed by atoms with E-state index in [4.69, 9.17) is 0 Å². The van der Waals surface area contributed by atoms with Crippen molar-refractivity contribution in [3.63, 3.8) is 0 Å². The van der Waals surface area contributed by atoms with Crippen LogP contribution in [0.3, 0.4) is 0 Å². The predicted octanol–water partition coefficient (Wildman–Crippen LogP) is 3.52. The normalized spacial score (nSPS) is 12.7. The van der Waals surface area contributed by atoms with Gasteiger partial charge in [-0.25, -0.2) is 26.2 Å². The van der Waals surface area contributed by atoms with Gasteiger partial charge in [-0.1, -0.05) is 18.2 Å². The molecule has 0 aliphatic carbocycles. The van der Waals surface area contributed by atoms with E-state index in [1.165, 1.54) is 60.7 Å². The first-order chi connectivity index (χ1) is 15.1. The van der Waals surface area contributed by atoms with Gasteiger partial charge in [0.2, 0.25) is 0 Å². The predicted molar refractivity (Wildman–Crippen MR) is 121 cm³/mol. The summed E-state index contributed by atoms with van der Waals surface area (Å²) in [5.74, 6) is -0.298. The second-order valence-corrected chi connectivity index (χ2v) is 10.7. The summed E-state index contributed by atoms with van der Waals surface area (Å²) in [6.07, 6.45) is 1.10. The highest BCUT2D eigenvalue weighted by Crippen LogP contribution is 2.19. The summed E-state index contributed by atoms with van der Waals surface area (Å²) in [7, 11) is -7.26. The van der Waals surface area contributed by atoms with Crippen LogP contribution in [0.25, 0.3) is 0 Å². The summed E-state index contributed by atoms with van der Waals surface area (Å²) in [6, 6.07) is 19.2. The Morgan fingerprint density at radius 3 is 2.00 bits per heavy atom. The molecule has 0 amide bonds. The highest BCUT2D eigenvalue weighted by atomic mass is 32.2. The fourth-order valence-electron chi connectivity index (χ4n) is 2.81. The number of sulfone groups is 1. The maximum absolute atomic E-state index is 13.4. The molecule has 0 bridgehead atoms. The third-order valence-electron chi connectivity index (χ3n) is 4.47. The van der Waals surface area contributed by atoms with Crippen LogP contribution in [-0.4, -0.2) is 39.9 Å². The lowest BCUT2D eigenvalue weighted by molar-refractivity contribution is 0.393. The first-order valence-electron chi connectivity index (χ1n) is 9.60. The molecule has 0 saturated carbocycles. The van der Waals surface area contributed by atoms with Gasteiger partial charge in [0.05, 0.1) is 15.5 Å². The van der Waals surface area contributed by atoms with Crippen molar-refractivity contribution in [2.24, 2.45) is 4.99 Å². The number of hydrogen-bond donors (Lipinski definition) is 1. The standard InChI is InChI=1S/C22H22FN3O4S2/c1-3-26(32(29,30)21-7-5-4-6-8-21)25-22(17-9-11-18(23)12-10-17)24-19-13-15-20(16-14-19)31(2,27)28/h4-16H,3H2,1-2H3,(H,24,25). The second-order valence-electron chi connectivity index (χ2n) is 6.83. The van der Waals surface area contributed by atoms with E-state index >= 15 is 0 Å². The van der Waals surface area contributed by atoms with Gasteiger partial charge in [0.1, 0.15) is 11.7 Å². The average Bonchev–Trinajstić information content (AvgIpc) is 2.77. The molecule has 0 aromatic heterocycles. The summed E-state index contributed by atoms with van der Waals surface area (Å²) < 4.78 is 64.0. The highest BCUT2D eigenvalue weighted by Gasteiger charge is 2.24. The number of hydrazine groups is 1. The van der Waals surface area contributed by atoms with Gasteiger partial charge < -0.3 is 0 Å². The van der Waals surface area contributed by atoms with Gasteiger partial charge in [0, 0.05) is 18.4 Å². The quantitative estimate of drug-likeness (QED) is 0.320. The number of aliphatic imine (C=N–C) groups is 1. The number of hydrogen-bond acceptors (Lipinski definition) is 5.